The third kappa shape index (κ3) is 4.95. The van der Waals surface area contributed by atoms with E-state index >= 15 is 0 Å². The number of carbonyl (C=O) groups excluding carboxylic acids is 1. The molecule has 0 bridgehead atoms. The molecular weight excluding hydrogens is 276 g/mol. The standard InChI is InChI=1S/C18H36N2O2/c1-9-10-11-19-14-12-17(5,6)20(18(7,8)13-14)22-15(21)16(2,3)4/h14,19H,9-13H2,1-8H3. The average molecular weight is 312 g/mol. The second kappa shape index (κ2) is 6.88. The lowest BCUT2D eigenvalue weighted by Gasteiger charge is -2.53. The lowest BCUT2D eigenvalue weighted by molar-refractivity contribution is -0.274. The Hall–Kier alpha value is -0.610. The summed E-state index contributed by atoms with van der Waals surface area (Å²) in [5, 5.41) is 5.61. The number of unbranched alkanes of at least 4 members (excludes halogenated alkanes) is 1. The molecule has 1 aliphatic rings. The number of carbonyl (C=O) groups is 1. The second-order valence-electron chi connectivity index (χ2n) is 8.96. The van der Waals surface area contributed by atoms with Gasteiger partial charge in [0.15, 0.2) is 0 Å². The SMILES string of the molecule is CCCCNC1CC(C)(C)N(OC(=O)C(C)(C)C)C(C)(C)C1. The molecule has 22 heavy (non-hydrogen) atoms. The van der Waals surface area contributed by atoms with Crippen molar-refractivity contribution in [2.45, 2.75) is 98.2 Å². The van der Waals surface area contributed by atoms with Crippen LogP contribution in [0.5, 0.6) is 0 Å². The minimum absolute atomic E-state index is 0.161. The van der Waals surface area contributed by atoms with Gasteiger partial charge in [-0.2, -0.15) is 0 Å². The summed E-state index contributed by atoms with van der Waals surface area (Å²) in [5.74, 6) is -0.161. The van der Waals surface area contributed by atoms with Crippen LogP contribution in [0.3, 0.4) is 0 Å². The van der Waals surface area contributed by atoms with Gasteiger partial charge in [-0.25, -0.2) is 4.79 Å². The van der Waals surface area contributed by atoms with Crippen LogP contribution in [0, 0.1) is 5.41 Å². The van der Waals surface area contributed by atoms with Crippen LogP contribution in [0.4, 0.5) is 0 Å². The lowest BCUT2D eigenvalue weighted by Crippen LogP contribution is -2.64. The van der Waals surface area contributed by atoms with E-state index in [1.165, 1.54) is 12.8 Å². The Morgan fingerprint density at radius 2 is 1.68 bits per heavy atom. The molecule has 0 spiro atoms. The van der Waals surface area contributed by atoms with Crippen molar-refractivity contribution >= 4 is 5.97 Å². The first-order chi connectivity index (χ1) is 9.90. The fourth-order valence-corrected chi connectivity index (χ4v) is 3.36. The molecule has 0 unspecified atom stereocenters. The van der Waals surface area contributed by atoms with Gasteiger partial charge in [0, 0.05) is 6.04 Å². The van der Waals surface area contributed by atoms with Gasteiger partial charge in [-0.3, -0.25) is 0 Å². The molecule has 4 nitrogen and oxygen atoms in total. The van der Waals surface area contributed by atoms with Gasteiger partial charge in [-0.05, 0) is 74.3 Å². The fraction of sp³-hybridized carbons (Fsp3) is 0.944. The van der Waals surface area contributed by atoms with Crippen molar-refractivity contribution in [2.75, 3.05) is 6.54 Å². The first-order valence-electron chi connectivity index (χ1n) is 8.66. The normalized spacial score (nSPS) is 22.5. The van der Waals surface area contributed by atoms with E-state index in [1.807, 2.05) is 25.8 Å². The van der Waals surface area contributed by atoms with Crippen molar-refractivity contribution in [1.82, 2.24) is 10.4 Å². The highest BCUT2D eigenvalue weighted by Crippen LogP contribution is 2.39. The molecule has 1 heterocycles. The van der Waals surface area contributed by atoms with Crippen LogP contribution < -0.4 is 5.32 Å². The topological polar surface area (TPSA) is 41.6 Å². The molecule has 1 rings (SSSR count). The zero-order valence-corrected chi connectivity index (χ0v) is 15.9. The molecule has 0 atom stereocenters. The maximum Gasteiger partial charge on any atom is 0.330 e. The van der Waals surface area contributed by atoms with E-state index in [9.17, 15) is 4.79 Å². The summed E-state index contributed by atoms with van der Waals surface area (Å²) in [6.07, 6.45) is 4.39. The predicted molar refractivity (Wildman–Crippen MR) is 91.5 cm³/mol. The number of rotatable bonds is 5. The molecule has 0 radical (unpaired) electrons. The van der Waals surface area contributed by atoms with Crippen LogP contribution in [-0.4, -0.2) is 34.7 Å². The van der Waals surface area contributed by atoms with Crippen LogP contribution in [0.1, 0.15) is 81.1 Å². The summed E-state index contributed by atoms with van der Waals surface area (Å²) in [7, 11) is 0. The molecule has 1 aliphatic heterocycles. The Morgan fingerprint density at radius 1 is 1.18 bits per heavy atom. The van der Waals surface area contributed by atoms with Crippen LogP contribution in [0.25, 0.3) is 0 Å². The Labute approximate surface area is 136 Å². The molecule has 0 aromatic rings. The molecule has 4 heteroatoms. The largest absolute Gasteiger partial charge is 0.366 e. The summed E-state index contributed by atoms with van der Waals surface area (Å²) in [6.45, 7) is 17.6. The van der Waals surface area contributed by atoms with E-state index in [-0.39, 0.29) is 17.0 Å². The maximum atomic E-state index is 12.3. The number of hydroxylamine groups is 2. The quantitative estimate of drug-likeness (QED) is 0.782. The first-order valence-corrected chi connectivity index (χ1v) is 8.66. The first kappa shape index (κ1) is 19.4. The smallest absolute Gasteiger partial charge is 0.330 e. The summed E-state index contributed by atoms with van der Waals surface area (Å²) < 4.78 is 0. The maximum absolute atomic E-state index is 12.3. The van der Waals surface area contributed by atoms with Crippen molar-refractivity contribution < 1.29 is 9.63 Å². The summed E-state index contributed by atoms with van der Waals surface area (Å²) in [5.41, 5.74) is -0.832. The third-order valence-electron chi connectivity index (χ3n) is 4.34. The van der Waals surface area contributed by atoms with E-state index in [0.29, 0.717) is 6.04 Å². The van der Waals surface area contributed by atoms with Crippen molar-refractivity contribution in [2.24, 2.45) is 5.41 Å². The number of hydrogen-bond acceptors (Lipinski definition) is 4. The molecule has 130 valence electrons. The van der Waals surface area contributed by atoms with Gasteiger partial charge in [0.05, 0.1) is 16.5 Å². The number of piperidine rings is 1. The van der Waals surface area contributed by atoms with Crippen LogP contribution in [0.2, 0.25) is 0 Å². The summed E-state index contributed by atoms with van der Waals surface area (Å²) >= 11 is 0. The predicted octanol–water partition coefficient (Wildman–Crippen LogP) is 3.90. The van der Waals surface area contributed by atoms with Gasteiger partial charge in [-0.1, -0.05) is 13.3 Å². The number of nitrogens with one attached hydrogen (secondary N) is 1. The van der Waals surface area contributed by atoms with Crippen LogP contribution in [-0.2, 0) is 9.63 Å². The van der Waals surface area contributed by atoms with E-state index in [4.69, 9.17) is 4.84 Å². The van der Waals surface area contributed by atoms with Gasteiger partial charge in [0.25, 0.3) is 0 Å². The molecule has 0 aliphatic carbocycles. The zero-order chi connectivity index (χ0) is 17.2. The molecular formula is C18H36N2O2. The minimum Gasteiger partial charge on any atom is -0.366 e. The fourth-order valence-electron chi connectivity index (χ4n) is 3.36. The highest BCUT2D eigenvalue weighted by Gasteiger charge is 2.48. The van der Waals surface area contributed by atoms with Gasteiger partial charge in [-0.15, -0.1) is 5.06 Å². The highest BCUT2D eigenvalue weighted by atomic mass is 16.7. The lowest BCUT2D eigenvalue weighted by atomic mass is 9.79. The van der Waals surface area contributed by atoms with Crippen molar-refractivity contribution in [3.8, 4) is 0 Å². The van der Waals surface area contributed by atoms with E-state index in [2.05, 4.69) is 39.9 Å². The van der Waals surface area contributed by atoms with Crippen molar-refractivity contribution in [1.29, 1.82) is 0 Å². The van der Waals surface area contributed by atoms with Gasteiger partial charge in [0.2, 0.25) is 0 Å². The molecule has 1 saturated heterocycles. The molecule has 0 aromatic carbocycles. The van der Waals surface area contributed by atoms with Crippen LogP contribution >= 0.6 is 0 Å². The third-order valence-corrected chi connectivity index (χ3v) is 4.34. The monoisotopic (exact) mass is 312 g/mol. The molecule has 1 N–H and O–H groups in total. The average Bonchev–Trinajstić information content (AvgIpc) is 2.31. The van der Waals surface area contributed by atoms with Gasteiger partial charge in [0.1, 0.15) is 0 Å². The second-order valence-corrected chi connectivity index (χ2v) is 8.96. The Balaban J connectivity index is 2.81. The molecule has 0 saturated carbocycles. The molecule has 1 fully saturated rings. The van der Waals surface area contributed by atoms with E-state index < -0.39 is 5.41 Å². The Kier molecular flexibility index (Phi) is 6.07. The zero-order valence-electron chi connectivity index (χ0n) is 15.9. The van der Waals surface area contributed by atoms with Crippen molar-refractivity contribution in [3.63, 3.8) is 0 Å². The van der Waals surface area contributed by atoms with Crippen LogP contribution in [0.15, 0.2) is 0 Å². The minimum atomic E-state index is -0.484. The van der Waals surface area contributed by atoms with E-state index in [1.54, 1.807) is 0 Å². The van der Waals surface area contributed by atoms with Gasteiger partial charge >= 0.3 is 5.97 Å². The van der Waals surface area contributed by atoms with Crippen molar-refractivity contribution in [3.05, 3.63) is 0 Å². The number of nitrogens with zero attached hydrogens (tertiary/aromatic N) is 1. The molecule has 0 aromatic heterocycles. The summed E-state index contributed by atoms with van der Waals surface area (Å²) in [6, 6.07) is 0.473. The summed E-state index contributed by atoms with van der Waals surface area (Å²) in [4.78, 5) is 18.1. The Morgan fingerprint density at radius 3 is 2.09 bits per heavy atom. The molecule has 0 amide bonds. The highest BCUT2D eigenvalue weighted by molar-refractivity contribution is 5.75. The number of hydrogen-bond donors (Lipinski definition) is 1. The van der Waals surface area contributed by atoms with Gasteiger partial charge < -0.3 is 10.2 Å². The Bertz CT molecular complexity index is 365. The van der Waals surface area contributed by atoms with E-state index in [0.717, 1.165) is 19.4 Å².